The van der Waals surface area contributed by atoms with Crippen molar-refractivity contribution in [1.82, 2.24) is 0 Å². The summed E-state index contributed by atoms with van der Waals surface area (Å²) in [5.41, 5.74) is 1.42. The maximum Gasteiger partial charge on any atom is 0.232 e. The Morgan fingerprint density at radius 1 is 1.16 bits per heavy atom. The SMILES string of the molecule is CCS(=O)(=O)Nc1ccc(NC(=O)CCC(=O)N2CCOc3ccccc32)cc1OC. The van der Waals surface area contributed by atoms with Gasteiger partial charge < -0.3 is 19.7 Å². The second kappa shape index (κ2) is 9.69. The van der Waals surface area contributed by atoms with Crippen molar-refractivity contribution in [2.24, 2.45) is 0 Å². The molecule has 0 spiro atoms. The minimum atomic E-state index is -3.46. The van der Waals surface area contributed by atoms with E-state index in [2.05, 4.69) is 10.0 Å². The number of rotatable bonds is 8. The first kappa shape index (κ1) is 22.4. The smallest absolute Gasteiger partial charge is 0.232 e. The Kier molecular flexibility index (Phi) is 7.01. The van der Waals surface area contributed by atoms with Gasteiger partial charge in [0.2, 0.25) is 21.8 Å². The predicted octanol–water partition coefficient (Wildman–Crippen LogP) is 2.60. The molecule has 2 amide bonds. The molecule has 0 atom stereocenters. The number of sulfonamides is 1. The van der Waals surface area contributed by atoms with E-state index in [4.69, 9.17) is 9.47 Å². The molecule has 2 aromatic carbocycles. The van der Waals surface area contributed by atoms with E-state index in [1.165, 1.54) is 26.2 Å². The van der Waals surface area contributed by atoms with Gasteiger partial charge in [-0.2, -0.15) is 0 Å². The first-order valence-electron chi connectivity index (χ1n) is 9.83. The van der Waals surface area contributed by atoms with Crippen molar-refractivity contribution >= 4 is 38.9 Å². The van der Waals surface area contributed by atoms with Crippen LogP contribution in [0.25, 0.3) is 0 Å². The fourth-order valence-electron chi connectivity index (χ4n) is 3.10. The van der Waals surface area contributed by atoms with Crippen molar-refractivity contribution in [3.8, 4) is 11.5 Å². The Bertz CT molecular complexity index is 1070. The van der Waals surface area contributed by atoms with Crippen molar-refractivity contribution in [2.75, 3.05) is 41.0 Å². The number of hydrogen-bond donors (Lipinski definition) is 2. The quantitative estimate of drug-likeness (QED) is 0.643. The summed E-state index contributed by atoms with van der Waals surface area (Å²) in [7, 11) is -2.05. The van der Waals surface area contributed by atoms with Crippen LogP contribution in [0.5, 0.6) is 11.5 Å². The molecule has 0 saturated heterocycles. The number of carbonyl (C=O) groups is 2. The summed E-state index contributed by atoms with van der Waals surface area (Å²) in [5.74, 6) is 0.357. The molecule has 2 aromatic rings. The molecule has 0 aromatic heterocycles. The van der Waals surface area contributed by atoms with Crippen LogP contribution in [0.1, 0.15) is 19.8 Å². The minimum Gasteiger partial charge on any atom is -0.494 e. The number of benzene rings is 2. The van der Waals surface area contributed by atoms with Crippen LogP contribution in [0.4, 0.5) is 17.1 Å². The average molecular weight is 448 g/mol. The maximum atomic E-state index is 12.6. The Morgan fingerprint density at radius 3 is 2.68 bits per heavy atom. The van der Waals surface area contributed by atoms with Crippen LogP contribution >= 0.6 is 0 Å². The van der Waals surface area contributed by atoms with E-state index in [0.717, 1.165) is 0 Å². The third-order valence-electron chi connectivity index (χ3n) is 4.73. The number of fused-ring (bicyclic) bond motifs is 1. The van der Waals surface area contributed by atoms with E-state index in [1.807, 2.05) is 18.2 Å². The highest BCUT2D eigenvalue weighted by atomic mass is 32.2. The zero-order chi connectivity index (χ0) is 22.4. The molecule has 1 heterocycles. The molecular formula is C21H25N3O6S. The van der Waals surface area contributed by atoms with Crippen LogP contribution in [0.15, 0.2) is 42.5 Å². The standard InChI is InChI=1S/C21H25N3O6S/c1-3-31(27,28)23-16-9-8-15(14-19(16)29-2)22-20(25)10-11-21(26)24-12-13-30-18-7-5-4-6-17(18)24/h4-9,14,23H,3,10-13H2,1-2H3,(H,22,25). The van der Waals surface area contributed by atoms with Crippen LogP contribution in [-0.4, -0.2) is 46.2 Å². The summed E-state index contributed by atoms with van der Waals surface area (Å²) in [4.78, 5) is 26.6. The number of methoxy groups -OCH3 is 1. The molecule has 1 aliphatic rings. The first-order chi connectivity index (χ1) is 14.8. The molecule has 31 heavy (non-hydrogen) atoms. The molecule has 9 nitrogen and oxygen atoms in total. The summed E-state index contributed by atoms with van der Waals surface area (Å²) < 4.78 is 36.7. The summed E-state index contributed by atoms with van der Waals surface area (Å²) in [6, 6.07) is 11.9. The van der Waals surface area contributed by atoms with Gasteiger partial charge in [-0.1, -0.05) is 12.1 Å². The predicted molar refractivity (Wildman–Crippen MR) is 118 cm³/mol. The Balaban J connectivity index is 1.59. The molecule has 0 unspecified atom stereocenters. The van der Waals surface area contributed by atoms with Gasteiger partial charge >= 0.3 is 0 Å². The zero-order valence-electron chi connectivity index (χ0n) is 17.4. The highest BCUT2D eigenvalue weighted by Gasteiger charge is 2.23. The van der Waals surface area contributed by atoms with Gasteiger partial charge in [0.1, 0.15) is 18.1 Å². The molecule has 1 aliphatic heterocycles. The van der Waals surface area contributed by atoms with Gasteiger partial charge in [-0.25, -0.2) is 8.42 Å². The van der Waals surface area contributed by atoms with Gasteiger partial charge in [0, 0.05) is 24.6 Å². The number of nitrogens with one attached hydrogen (secondary N) is 2. The van der Waals surface area contributed by atoms with Crippen molar-refractivity contribution in [3.05, 3.63) is 42.5 Å². The van der Waals surface area contributed by atoms with Crippen LogP contribution in [0.2, 0.25) is 0 Å². The Hall–Kier alpha value is -3.27. The van der Waals surface area contributed by atoms with E-state index < -0.39 is 10.0 Å². The third kappa shape index (κ3) is 5.66. The molecular weight excluding hydrogens is 422 g/mol. The van der Waals surface area contributed by atoms with E-state index in [-0.39, 0.29) is 41.8 Å². The molecule has 0 bridgehead atoms. The molecule has 0 aliphatic carbocycles. The lowest BCUT2D eigenvalue weighted by Crippen LogP contribution is -2.38. The minimum absolute atomic E-state index is 0.00485. The van der Waals surface area contributed by atoms with E-state index in [0.29, 0.717) is 30.3 Å². The summed E-state index contributed by atoms with van der Waals surface area (Å²) in [5, 5.41) is 2.71. The number of anilines is 3. The molecule has 0 saturated carbocycles. The highest BCUT2D eigenvalue weighted by Crippen LogP contribution is 2.32. The van der Waals surface area contributed by atoms with E-state index in [1.54, 1.807) is 17.0 Å². The van der Waals surface area contributed by atoms with Gasteiger partial charge in [0.05, 0.1) is 30.8 Å². The van der Waals surface area contributed by atoms with Gasteiger partial charge in [0.15, 0.2) is 0 Å². The number of ether oxygens (including phenoxy) is 2. The second-order valence-corrected chi connectivity index (χ2v) is 8.84. The summed E-state index contributed by atoms with van der Waals surface area (Å²) in [6.45, 7) is 2.37. The van der Waals surface area contributed by atoms with E-state index >= 15 is 0 Å². The number of para-hydroxylation sites is 2. The van der Waals surface area contributed by atoms with Crippen molar-refractivity contribution in [1.29, 1.82) is 0 Å². The van der Waals surface area contributed by atoms with Gasteiger partial charge in [-0.15, -0.1) is 0 Å². The molecule has 0 radical (unpaired) electrons. The van der Waals surface area contributed by atoms with Crippen LogP contribution in [0.3, 0.4) is 0 Å². The normalized spacial score (nSPS) is 13.0. The molecule has 10 heteroatoms. The molecule has 2 N–H and O–H groups in total. The van der Waals surface area contributed by atoms with Crippen LogP contribution in [0, 0.1) is 0 Å². The third-order valence-corrected chi connectivity index (χ3v) is 6.02. The fourth-order valence-corrected chi connectivity index (χ4v) is 3.75. The van der Waals surface area contributed by atoms with Crippen molar-refractivity contribution in [2.45, 2.75) is 19.8 Å². The Labute approximate surface area is 181 Å². The van der Waals surface area contributed by atoms with Crippen LogP contribution in [-0.2, 0) is 19.6 Å². The topological polar surface area (TPSA) is 114 Å². The van der Waals surface area contributed by atoms with Gasteiger partial charge in [-0.3, -0.25) is 14.3 Å². The number of hydrogen-bond acceptors (Lipinski definition) is 6. The van der Waals surface area contributed by atoms with Crippen molar-refractivity contribution < 1.29 is 27.5 Å². The van der Waals surface area contributed by atoms with Gasteiger partial charge in [-0.05, 0) is 31.2 Å². The molecule has 3 rings (SSSR count). The lowest BCUT2D eigenvalue weighted by Gasteiger charge is -2.29. The summed E-state index contributed by atoms with van der Waals surface area (Å²) >= 11 is 0. The fraction of sp³-hybridized carbons (Fsp3) is 0.333. The number of nitrogens with zero attached hydrogens (tertiary/aromatic N) is 1. The first-order valence-corrected chi connectivity index (χ1v) is 11.5. The Morgan fingerprint density at radius 2 is 1.94 bits per heavy atom. The largest absolute Gasteiger partial charge is 0.494 e. The van der Waals surface area contributed by atoms with Crippen LogP contribution < -0.4 is 24.4 Å². The van der Waals surface area contributed by atoms with E-state index in [9.17, 15) is 18.0 Å². The lowest BCUT2D eigenvalue weighted by molar-refractivity contribution is -0.122. The molecule has 0 fully saturated rings. The lowest BCUT2D eigenvalue weighted by atomic mass is 10.2. The van der Waals surface area contributed by atoms with Crippen molar-refractivity contribution in [3.63, 3.8) is 0 Å². The average Bonchev–Trinajstić information content (AvgIpc) is 2.78. The highest BCUT2D eigenvalue weighted by molar-refractivity contribution is 7.92. The number of amides is 2. The molecule has 166 valence electrons. The number of carbonyl (C=O) groups excluding carboxylic acids is 2. The summed E-state index contributed by atoms with van der Waals surface area (Å²) in [6.07, 6.45) is 0.0522. The maximum absolute atomic E-state index is 12.6. The monoisotopic (exact) mass is 447 g/mol. The zero-order valence-corrected chi connectivity index (χ0v) is 18.2. The second-order valence-electron chi connectivity index (χ2n) is 6.83. The van der Waals surface area contributed by atoms with Gasteiger partial charge in [0.25, 0.3) is 0 Å².